The van der Waals surface area contributed by atoms with Crippen molar-refractivity contribution < 1.29 is 18.0 Å². The zero-order valence-corrected chi connectivity index (χ0v) is 10.2. The average molecular weight is 268 g/mol. The number of hydrogen-bond acceptors (Lipinski definition) is 4. The number of benzene rings is 1. The van der Waals surface area contributed by atoms with E-state index in [1.165, 1.54) is 0 Å². The molecular formula is C11H12N2O4S. The number of nitrogens with one attached hydrogen (secondary N) is 2. The fraction of sp³-hybridized carbons (Fsp3) is 0.273. The fourth-order valence-electron chi connectivity index (χ4n) is 1.77. The third-order valence-corrected chi connectivity index (χ3v) is 3.61. The Morgan fingerprint density at radius 1 is 1.00 bits per heavy atom. The highest BCUT2D eigenvalue weighted by Crippen LogP contribution is 2.13. The normalized spacial score (nSPS) is 19.1. The van der Waals surface area contributed by atoms with E-state index >= 15 is 0 Å². The van der Waals surface area contributed by atoms with Gasteiger partial charge in [-0.1, -0.05) is 30.3 Å². The fourth-order valence-corrected chi connectivity index (χ4v) is 2.63. The molecule has 6 nitrogen and oxygen atoms in total. The van der Waals surface area contributed by atoms with Gasteiger partial charge in [0.2, 0.25) is 11.8 Å². The van der Waals surface area contributed by atoms with E-state index in [4.69, 9.17) is 0 Å². The highest BCUT2D eigenvalue weighted by Gasteiger charge is 2.36. The van der Waals surface area contributed by atoms with Crippen LogP contribution in [0.15, 0.2) is 30.3 Å². The second-order valence-corrected chi connectivity index (χ2v) is 5.43. The lowest BCUT2D eigenvalue weighted by Gasteiger charge is -2.21. The van der Waals surface area contributed by atoms with E-state index in [2.05, 4.69) is 0 Å². The molecule has 1 aromatic carbocycles. The Kier molecular flexibility index (Phi) is 3.33. The predicted molar refractivity (Wildman–Crippen MR) is 63.5 cm³/mol. The van der Waals surface area contributed by atoms with Crippen LogP contribution in [0.4, 0.5) is 0 Å². The van der Waals surface area contributed by atoms with Gasteiger partial charge in [0.15, 0.2) is 0 Å². The molecule has 1 fully saturated rings. The molecule has 18 heavy (non-hydrogen) atoms. The van der Waals surface area contributed by atoms with Gasteiger partial charge in [-0.25, -0.2) is 9.44 Å². The van der Waals surface area contributed by atoms with Crippen molar-refractivity contribution >= 4 is 22.0 Å². The van der Waals surface area contributed by atoms with E-state index in [0.29, 0.717) is 6.42 Å². The molecule has 2 rings (SSSR count). The summed E-state index contributed by atoms with van der Waals surface area (Å²) in [6.07, 6.45) is 0.809. The minimum atomic E-state index is -4.00. The van der Waals surface area contributed by atoms with Gasteiger partial charge in [-0.15, -0.1) is 0 Å². The maximum Gasteiger partial charge on any atom is 0.325 e. The Morgan fingerprint density at radius 2 is 1.56 bits per heavy atom. The van der Waals surface area contributed by atoms with Gasteiger partial charge in [0, 0.05) is 0 Å². The summed E-state index contributed by atoms with van der Waals surface area (Å²) in [5, 5.41) is 0. The van der Waals surface area contributed by atoms with E-state index < -0.39 is 27.9 Å². The van der Waals surface area contributed by atoms with E-state index in [1.54, 1.807) is 9.44 Å². The molecule has 1 aliphatic heterocycles. The van der Waals surface area contributed by atoms with Crippen LogP contribution < -0.4 is 9.44 Å². The van der Waals surface area contributed by atoms with Gasteiger partial charge in [-0.2, -0.15) is 8.42 Å². The number of rotatable bonds is 3. The smallest absolute Gasteiger partial charge is 0.273 e. The molecule has 0 bridgehead atoms. The summed E-state index contributed by atoms with van der Waals surface area (Å²) < 4.78 is 25.6. The van der Waals surface area contributed by atoms with Crippen LogP contribution in [0.25, 0.3) is 0 Å². The first-order valence-corrected chi connectivity index (χ1v) is 6.88. The predicted octanol–water partition coefficient (Wildman–Crippen LogP) is -0.274. The molecular weight excluding hydrogens is 256 g/mol. The SMILES string of the molecule is O=C1NS(=O)(=O)NC(=O)C1CCc1ccccc1. The van der Waals surface area contributed by atoms with Crippen molar-refractivity contribution in [1.82, 2.24) is 9.44 Å². The van der Waals surface area contributed by atoms with Crippen molar-refractivity contribution in [1.29, 1.82) is 0 Å². The first-order chi connectivity index (χ1) is 8.48. The Bertz CT molecular complexity index is 544. The monoisotopic (exact) mass is 268 g/mol. The van der Waals surface area contributed by atoms with Crippen LogP contribution in [0.5, 0.6) is 0 Å². The van der Waals surface area contributed by atoms with Gasteiger partial charge in [-0.3, -0.25) is 9.59 Å². The first-order valence-electron chi connectivity index (χ1n) is 5.40. The summed E-state index contributed by atoms with van der Waals surface area (Å²) >= 11 is 0. The number of carbonyl (C=O) groups excluding carboxylic acids is 2. The maximum atomic E-state index is 11.5. The van der Waals surface area contributed by atoms with E-state index in [9.17, 15) is 18.0 Å². The minimum Gasteiger partial charge on any atom is -0.273 e. The largest absolute Gasteiger partial charge is 0.325 e. The molecule has 2 N–H and O–H groups in total. The van der Waals surface area contributed by atoms with Crippen LogP contribution in [0.2, 0.25) is 0 Å². The summed E-state index contributed by atoms with van der Waals surface area (Å²) in [5.41, 5.74) is 0.992. The van der Waals surface area contributed by atoms with Gasteiger partial charge in [0.05, 0.1) is 0 Å². The van der Waals surface area contributed by atoms with Gasteiger partial charge in [-0.05, 0) is 18.4 Å². The summed E-state index contributed by atoms with van der Waals surface area (Å²) in [5.74, 6) is -2.50. The number of carbonyl (C=O) groups is 2. The molecule has 1 heterocycles. The second kappa shape index (κ2) is 4.77. The Balaban J connectivity index is 2.02. The summed E-state index contributed by atoms with van der Waals surface area (Å²) in [4.78, 5) is 23.0. The van der Waals surface area contributed by atoms with Crippen molar-refractivity contribution in [3.63, 3.8) is 0 Å². The average Bonchev–Trinajstić information content (AvgIpc) is 2.27. The third-order valence-electron chi connectivity index (χ3n) is 2.67. The Labute approximate surface area is 105 Å². The number of hydrogen-bond donors (Lipinski definition) is 2. The number of amides is 2. The lowest BCUT2D eigenvalue weighted by molar-refractivity contribution is -0.134. The molecule has 1 saturated heterocycles. The van der Waals surface area contributed by atoms with Crippen LogP contribution in [-0.4, -0.2) is 20.2 Å². The van der Waals surface area contributed by atoms with E-state index in [0.717, 1.165) is 5.56 Å². The molecule has 0 aliphatic carbocycles. The molecule has 0 aromatic heterocycles. The van der Waals surface area contributed by atoms with Crippen molar-refractivity contribution in [3.8, 4) is 0 Å². The van der Waals surface area contributed by atoms with Crippen LogP contribution in [0.3, 0.4) is 0 Å². The highest BCUT2D eigenvalue weighted by atomic mass is 32.2. The zero-order chi connectivity index (χ0) is 13.2. The standard InChI is InChI=1S/C11H12N2O4S/c14-10-9(11(15)13-18(16,17)12-10)7-6-8-4-2-1-3-5-8/h1-5,9H,6-7H2,(H,12,14)(H,13,15). The van der Waals surface area contributed by atoms with E-state index in [1.807, 2.05) is 30.3 Å². The van der Waals surface area contributed by atoms with Gasteiger partial charge in [0.25, 0.3) is 0 Å². The lowest BCUT2D eigenvalue weighted by atomic mass is 9.98. The van der Waals surface area contributed by atoms with Crippen LogP contribution >= 0.6 is 0 Å². The third kappa shape index (κ3) is 2.86. The van der Waals surface area contributed by atoms with Crippen LogP contribution in [-0.2, 0) is 26.2 Å². The maximum absolute atomic E-state index is 11.5. The van der Waals surface area contributed by atoms with Crippen molar-refractivity contribution in [3.05, 3.63) is 35.9 Å². The van der Waals surface area contributed by atoms with Crippen molar-refractivity contribution in [2.75, 3.05) is 0 Å². The molecule has 0 saturated carbocycles. The lowest BCUT2D eigenvalue weighted by Crippen LogP contribution is -2.55. The summed E-state index contributed by atoms with van der Waals surface area (Å²) in [6.45, 7) is 0. The molecule has 96 valence electrons. The zero-order valence-electron chi connectivity index (χ0n) is 9.42. The van der Waals surface area contributed by atoms with E-state index in [-0.39, 0.29) is 6.42 Å². The highest BCUT2D eigenvalue weighted by molar-refractivity contribution is 7.88. The van der Waals surface area contributed by atoms with Gasteiger partial charge >= 0.3 is 10.2 Å². The molecule has 0 radical (unpaired) electrons. The van der Waals surface area contributed by atoms with Crippen LogP contribution in [0, 0.1) is 5.92 Å². The Hall–Kier alpha value is -1.89. The molecule has 0 spiro atoms. The quantitative estimate of drug-likeness (QED) is 0.738. The molecule has 1 aliphatic rings. The van der Waals surface area contributed by atoms with Crippen LogP contribution in [0.1, 0.15) is 12.0 Å². The molecule has 0 unspecified atom stereocenters. The second-order valence-electron chi connectivity index (χ2n) is 4.01. The molecule has 2 amide bonds. The Morgan fingerprint density at radius 3 is 2.11 bits per heavy atom. The molecule has 1 aromatic rings. The summed E-state index contributed by atoms with van der Waals surface area (Å²) in [7, 11) is -4.00. The van der Waals surface area contributed by atoms with Gasteiger partial charge < -0.3 is 0 Å². The van der Waals surface area contributed by atoms with Crippen molar-refractivity contribution in [2.45, 2.75) is 12.8 Å². The number of aryl methyl sites for hydroxylation is 1. The summed E-state index contributed by atoms with van der Waals surface area (Å²) in [6, 6.07) is 9.36. The minimum absolute atomic E-state index is 0.275. The van der Waals surface area contributed by atoms with Gasteiger partial charge in [0.1, 0.15) is 5.92 Å². The molecule has 0 atom stereocenters. The van der Waals surface area contributed by atoms with Crippen molar-refractivity contribution in [2.24, 2.45) is 5.92 Å². The topological polar surface area (TPSA) is 92.3 Å². The molecule has 7 heteroatoms. The first kappa shape index (κ1) is 12.6.